The molecule has 0 aromatic rings. The second-order valence-corrected chi connectivity index (χ2v) is 17.8. The van der Waals surface area contributed by atoms with Crippen LogP contribution in [0.15, 0.2) is 0 Å². The Hall–Kier alpha value is -1.05. The van der Waals surface area contributed by atoms with Gasteiger partial charge in [0.1, 0.15) is 48.8 Å². The summed E-state index contributed by atoms with van der Waals surface area (Å²) in [6.07, 6.45) is 14.8. The zero-order valence-corrected chi connectivity index (χ0v) is 37.7. The molecule has 15 heteroatoms. The van der Waals surface area contributed by atoms with E-state index in [1.165, 1.54) is 64.9 Å². The number of aliphatic hydroxyl groups excluding tert-OH is 9. The highest BCUT2D eigenvalue weighted by atomic mass is 16.7. The summed E-state index contributed by atoms with van der Waals surface area (Å²) in [5.74, 6) is -0.470. The Morgan fingerprint density at radius 2 is 0.754 bits per heavy atom. The Balaban J connectivity index is 1.61. The van der Waals surface area contributed by atoms with E-state index >= 15 is 0 Å². The number of aliphatic hydroxyl groups is 9. The molecule has 13 atom stereocenters. The van der Waals surface area contributed by atoms with E-state index in [0.29, 0.717) is 6.42 Å². The SMILES string of the molecule is COC(=O)CC(CCCCCCCCCCCCCC(CCCCCCCCCCCCCCC(C)O)O[C@@H]1O[C@H](CO)[C@@H](O)[C@H](O)[C@H]1O)O[C@@H]1O[C@H](CO)[C@@H](O)[C@H](O)[C@H]1O. The van der Waals surface area contributed by atoms with Gasteiger partial charge in [0.25, 0.3) is 0 Å². The first kappa shape index (κ1) is 56.1. The van der Waals surface area contributed by atoms with E-state index in [1.807, 2.05) is 6.92 Å². The van der Waals surface area contributed by atoms with Crippen LogP contribution in [0, 0.1) is 0 Å². The third kappa shape index (κ3) is 23.6. The molecule has 2 saturated heterocycles. The Morgan fingerprint density at radius 3 is 1.07 bits per heavy atom. The summed E-state index contributed by atoms with van der Waals surface area (Å²) in [7, 11) is 1.29. The van der Waals surface area contributed by atoms with Gasteiger partial charge in [-0.15, -0.1) is 0 Å². The van der Waals surface area contributed by atoms with Crippen LogP contribution in [0.3, 0.4) is 0 Å². The van der Waals surface area contributed by atoms with Crippen LogP contribution in [0.2, 0.25) is 0 Å². The topological polar surface area (TPSA) is 245 Å². The van der Waals surface area contributed by atoms with Gasteiger partial charge >= 0.3 is 5.97 Å². The molecule has 0 spiro atoms. The number of rotatable bonds is 37. The van der Waals surface area contributed by atoms with Crippen molar-refractivity contribution in [1.82, 2.24) is 0 Å². The molecule has 2 heterocycles. The summed E-state index contributed by atoms with van der Waals surface area (Å²) >= 11 is 0. The quantitative estimate of drug-likeness (QED) is 0.0300. The summed E-state index contributed by atoms with van der Waals surface area (Å²) in [6, 6.07) is 0. The van der Waals surface area contributed by atoms with Gasteiger partial charge in [0.05, 0.1) is 45.1 Å². The highest BCUT2D eigenvalue weighted by molar-refractivity contribution is 5.69. The van der Waals surface area contributed by atoms with E-state index < -0.39 is 86.7 Å². The summed E-state index contributed by atoms with van der Waals surface area (Å²) in [5, 5.41) is 90.1. The Kier molecular flexibility index (Phi) is 31.6. The van der Waals surface area contributed by atoms with Gasteiger partial charge in [-0.2, -0.15) is 0 Å². The molecule has 0 aromatic heterocycles. The lowest BCUT2D eigenvalue weighted by Crippen LogP contribution is -2.59. The molecule has 0 aromatic carbocycles. The summed E-state index contributed by atoms with van der Waals surface area (Å²) < 4.78 is 28.0. The third-order valence-corrected chi connectivity index (χ3v) is 12.4. The maximum atomic E-state index is 12.0. The predicted octanol–water partition coefficient (Wildman–Crippen LogP) is 4.83. The second-order valence-electron chi connectivity index (χ2n) is 17.8. The maximum absolute atomic E-state index is 12.0. The molecule has 2 aliphatic heterocycles. The van der Waals surface area contributed by atoms with Gasteiger partial charge < -0.3 is 69.6 Å². The average molecular weight is 881 g/mol. The van der Waals surface area contributed by atoms with Crippen LogP contribution in [-0.4, -0.2) is 152 Å². The molecule has 2 aliphatic rings. The van der Waals surface area contributed by atoms with Gasteiger partial charge in [-0.25, -0.2) is 0 Å². The molecule has 3 unspecified atom stereocenters. The summed E-state index contributed by atoms with van der Waals surface area (Å²) in [4.78, 5) is 12.0. The molecule has 61 heavy (non-hydrogen) atoms. The first-order chi connectivity index (χ1) is 29.4. The van der Waals surface area contributed by atoms with Crippen LogP contribution in [0.25, 0.3) is 0 Å². The molecule has 15 nitrogen and oxygen atoms in total. The van der Waals surface area contributed by atoms with E-state index in [-0.39, 0.29) is 18.6 Å². The van der Waals surface area contributed by atoms with Crippen LogP contribution in [-0.2, 0) is 28.5 Å². The number of carbonyl (C=O) groups excluding carboxylic acids is 1. The monoisotopic (exact) mass is 881 g/mol. The Morgan fingerprint density at radius 1 is 0.459 bits per heavy atom. The van der Waals surface area contributed by atoms with Crippen LogP contribution >= 0.6 is 0 Å². The number of carbonyl (C=O) groups is 1. The smallest absolute Gasteiger partial charge is 0.308 e. The van der Waals surface area contributed by atoms with E-state index in [9.17, 15) is 50.8 Å². The molecule has 0 radical (unpaired) electrons. The van der Waals surface area contributed by atoms with Gasteiger partial charge in [-0.1, -0.05) is 148 Å². The van der Waals surface area contributed by atoms with E-state index in [2.05, 4.69) is 0 Å². The third-order valence-electron chi connectivity index (χ3n) is 12.4. The van der Waals surface area contributed by atoms with Crippen LogP contribution in [0.1, 0.15) is 187 Å². The van der Waals surface area contributed by atoms with Gasteiger partial charge in [0.2, 0.25) is 0 Å². The molecule has 0 bridgehead atoms. The van der Waals surface area contributed by atoms with Gasteiger partial charge in [-0.05, 0) is 32.6 Å². The zero-order chi connectivity index (χ0) is 44.8. The number of hydrogen-bond acceptors (Lipinski definition) is 15. The summed E-state index contributed by atoms with van der Waals surface area (Å²) in [6.45, 7) is 0.815. The van der Waals surface area contributed by atoms with Crippen molar-refractivity contribution >= 4 is 5.97 Å². The first-order valence-corrected chi connectivity index (χ1v) is 24.1. The van der Waals surface area contributed by atoms with Gasteiger partial charge in [-0.3, -0.25) is 4.79 Å². The van der Waals surface area contributed by atoms with Gasteiger partial charge in [0.15, 0.2) is 12.6 Å². The molecule has 0 aliphatic carbocycles. The number of hydrogen-bond donors (Lipinski definition) is 9. The van der Waals surface area contributed by atoms with Crippen molar-refractivity contribution in [3.05, 3.63) is 0 Å². The minimum absolute atomic E-state index is 0.0489. The standard InChI is InChI=1S/C46H88O15/c1-33(49)26-22-18-14-10-6-3-4-7-11-15-19-23-27-34(58-45-43(55)41(53)39(51)36(31-47)60-45)28-24-20-16-12-8-5-9-13-17-21-25-29-35(30-38(50)57-2)59-46-44(56)42(54)40(52)37(32-48)61-46/h33-37,39-49,51-56H,3-32H2,1-2H3/t33?,34?,35?,36-,37-,39-,40-,41+,42+,43-,44-,45-,46-/m1/s1. The minimum Gasteiger partial charge on any atom is -0.469 e. The summed E-state index contributed by atoms with van der Waals surface area (Å²) in [5.41, 5.74) is 0. The van der Waals surface area contributed by atoms with E-state index in [4.69, 9.17) is 23.7 Å². The molecular formula is C46H88O15. The first-order valence-electron chi connectivity index (χ1n) is 24.1. The molecule has 362 valence electrons. The molecule has 2 fully saturated rings. The number of ether oxygens (including phenoxy) is 5. The normalized spacial score (nSPS) is 28.4. The fraction of sp³-hybridized carbons (Fsp3) is 0.978. The van der Waals surface area contributed by atoms with Crippen molar-refractivity contribution < 1.29 is 74.4 Å². The molecule has 2 rings (SSSR count). The largest absolute Gasteiger partial charge is 0.469 e. The van der Waals surface area contributed by atoms with Crippen molar-refractivity contribution in [3.8, 4) is 0 Å². The molecule has 0 amide bonds. The van der Waals surface area contributed by atoms with Crippen molar-refractivity contribution in [1.29, 1.82) is 0 Å². The van der Waals surface area contributed by atoms with Crippen LogP contribution in [0.5, 0.6) is 0 Å². The zero-order valence-electron chi connectivity index (χ0n) is 37.7. The number of methoxy groups -OCH3 is 1. The highest BCUT2D eigenvalue weighted by Gasteiger charge is 2.46. The number of unbranched alkanes of at least 4 members (excludes halogenated alkanes) is 21. The van der Waals surface area contributed by atoms with E-state index in [0.717, 1.165) is 109 Å². The van der Waals surface area contributed by atoms with Gasteiger partial charge in [0, 0.05) is 0 Å². The van der Waals surface area contributed by atoms with Crippen LogP contribution in [0.4, 0.5) is 0 Å². The molecular weight excluding hydrogens is 792 g/mol. The lowest BCUT2D eigenvalue weighted by Gasteiger charge is -2.41. The predicted molar refractivity (Wildman–Crippen MR) is 230 cm³/mol. The lowest BCUT2D eigenvalue weighted by atomic mass is 9.98. The molecule has 9 N–H and O–H groups in total. The van der Waals surface area contributed by atoms with Crippen molar-refractivity contribution in [2.24, 2.45) is 0 Å². The van der Waals surface area contributed by atoms with Crippen molar-refractivity contribution in [2.75, 3.05) is 20.3 Å². The van der Waals surface area contributed by atoms with Crippen LogP contribution < -0.4 is 0 Å². The molecule has 0 saturated carbocycles. The van der Waals surface area contributed by atoms with E-state index in [1.54, 1.807) is 0 Å². The fourth-order valence-corrected chi connectivity index (χ4v) is 8.42. The van der Waals surface area contributed by atoms with Crippen molar-refractivity contribution in [2.45, 2.75) is 266 Å². The Bertz CT molecular complexity index is 1050. The minimum atomic E-state index is -1.55. The van der Waals surface area contributed by atoms with Crippen molar-refractivity contribution in [3.63, 3.8) is 0 Å². The second kappa shape index (κ2) is 34.3. The average Bonchev–Trinajstić information content (AvgIpc) is 3.25. The fourth-order valence-electron chi connectivity index (χ4n) is 8.42. The maximum Gasteiger partial charge on any atom is 0.308 e. The lowest BCUT2D eigenvalue weighted by molar-refractivity contribution is -0.312. The Labute approximate surface area is 366 Å². The number of esters is 1. The highest BCUT2D eigenvalue weighted by Crippen LogP contribution is 2.28.